The zero-order valence-corrected chi connectivity index (χ0v) is 11.5. The van der Waals surface area contributed by atoms with Crippen molar-refractivity contribution >= 4 is 0 Å². The molecule has 0 amide bonds. The number of hydrazine groups is 1. The van der Waals surface area contributed by atoms with Gasteiger partial charge < -0.3 is 4.74 Å². The van der Waals surface area contributed by atoms with E-state index in [0.717, 1.165) is 24.2 Å². The first kappa shape index (κ1) is 13.1. The molecule has 4 heteroatoms. The molecule has 2 unspecified atom stereocenters. The van der Waals surface area contributed by atoms with Gasteiger partial charge in [0.1, 0.15) is 5.75 Å². The van der Waals surface area contributed by atoms with Crippen LogP contribution in [-0.4, -0.2) is 12.1 Å². The van der Waals surface area contributed by atoms with E-state index in [9.17, 15) is 0 Å². The molecule has 20 heavy (non-hydrogen) atoms. The molecule has 1 heterocycles. The summed E-state index contributed by atoms with van der Waals surface area (Å²) in [6.45, 7) is 0. The molecule has 0 aliphatic heterocycles. The topological polar surface area (TPSA) is 60.2 Å². The third-order valence-electron chi connectivity index (χ3n) is 4.09. The average Bonchev–Trinajstić information content (AvgIpc) is 2.49. The Morgan fingerprint density at radius 1 is 1.40 bits per heavy atom. The summed E-state index contributed by atoms with van der Waals surface area (Å²) in [5.74, 6) is 7.09. The first-order valence-corrected chi connectivity index (χ1v) is 6.85. The summed E-state index contributed by atoms with van der Waals surface area (Å²) >= 11 is 0. The summed E-state index contributed by atoms with van der Waals surface area (Å²) in [7, 11) is 1.66. The molecule has 2 aromatic rings. The van der Waals surface area contributed by atoms with E-state index in [-0.39, 0.29) is 6.04 Å². The van der Waals surface area contributed by atoms with Crippen molar-refractivity contribution in [1.29, 1.82) is 0 Å². The predicted octanol–water partition coefficient (Wildman–Crippen LogP) is 2.32. The first-order valence-electron chi connectivity index (χ1n) is 6.85. The first-order chi connectivity index (χ1) is 9.83. The van der Waals surface area contributed by atoms with Gasteiger partial charge in [-0.3, -0.25) is 16.3 Å². The van der Waals surface area contributed by atoms with Crippen molar-refractivity contribution in [2.24, 2.45) is 5.84 Å². The fourth-order valence-electron chi connectivity index (χ4n) is 2.99. The molecule has 0 radical (unpaired) electrons. The van der Waals surface area contributed by atoms with E-state index in [1.165, 1.54) is 11.1 Å². The molecule has 3 rings (SSSR count). The number of aromatic nitrogens is 1. The molecule has 3 N–H and O–H groups in total. The van der Waals surface area contributed by atoms with E-state index >= 15 is 0 Å². The summed E-state index contributed by atoms with van der Waals surface area (Å²) < 4.78 is 5.37. The van der Waals surface area contributed by atoms with Crippen LogP contribution in [0.25, 0.3) is 0 Å². The second kappa shape index (κ2) is 5.61. The highest BCUT2D eigenvalue weighted by atomic mass is 16.5. The van der Waals surface area contributed by atoms with E-state index in [4.69, 9.17) is 10.6 Å². The van der Waals surface area contributed by atoms with Crippen LogP contribution in [-0.2, 0) is 6.42 Å². The van der Waals surface area contributed by atoms with Crippen LogP contribution < -0.4 is 16.0 Å². The summed E-state index contributed by atoms with van der Waals surface area (Å²) in [6.07, 6.45) is 5.60. The summed E-state index contributed by atoms with van der Waals surface area (Å²) in [5, 5.41) is 0. The van der Waals surface area contributed by atoms with Gasteiger partial charge in [-0.1, -0.05) is 24.3 Å². The van der Waals surface area contributed by atoms with Crippen LogP contribution >= 0.6 is 0 Å². The lowest BCUT2D eigenvalue weighted by molar-refractivity contribution is 0.382. The van der Waals surface area contributed by atoms with E-state index in [1.54, 1.807) is 19.5 Å². The van der Waals surface area contributed by atoms with E-state index in [0.29, 0.717) is 5.92 Å². The number of ether oxygens (including phenoxy) is 1. The highest BCUT2D eigenvalue weighted by Crippen LogP contribution is 2.41. The number of hydrogen-bond acceptors (Lipinski definition) is 4. The number of benzene rings is 1. The maximum Gasteiger partial charge on any atom is 0.141 e. The average molecular weight is 269 g/mol. The van der Waals surface area contributed by atoms with Crippen LogP contribution in [0.3, 0.4) is 0 Å². The van der Waals surface area contributed by atoms with Crippen LogP contribution in [0.4, 0.5) is 0 Å². The zero-order valence-electron chi connectivity index (χ0n) is 11.5. The molecule has 1 aromatic carbocycles. The second-order valence-corrected chi connectivity index (χ2v) is 5.17. The highest BCUT2D eigenvalue weighted by molar-refractivity contribution is 5.41. The molecule has 4 nitrogen and oxygen atoms in total. The summed E-state index contributed by atoms with van der Waals surface area (Å²) in [6, 6.07) is 10.6. The molecular weight excluding hydrogens is 250 g/mol. The lowest BCUT2D eigenvalue weighted by Gasteiger charge is -2.33. The monoisotopic (exact) mass is 269 g/mol. The predicted molar refractivity (Wildman–Crippen MR) is 78.4 cm³/mol. The third kappa shape index (κ3) is 2.28. The molecule has 0 spiro atoms. The van der Waals surface area contributed by atoms with Crippen molar-refractivity contribution in [2.75, 3.05) is 7.11 Å². The normalized spacial score (nSPS) is 18.0. The fourth-order valence-corrected chi connectivity index (χ4v) is 2.99. The van der Waals surface area contributed by atoms with Gasteiger partial charge in [0.25, 0.3) is 0 Å². The molecule has 1 aliphatic carbocycles. The Morgan fingerprint density at radius 2 is 2.25 bits per heavy atom. The Labute approximate surface area is 119 Å². The molecule has 1 aliphatic rings. The standard InChI is InChI=1S/C16H19N3O/c1-20-16-10-18-7-6-14(16)15(19-17)9-12-8-11-4-2-3-5-13(11)12/h2-7,10,12,15,19H,8-9,17H2,1H3. The van der Waals surface area contributed by atoms with Crippen LogP contribution in [0.2, 0.25) is 0 Å². The highest BCUT2D eigenvalue weighted by Gasteiger charge is 2.29. The van der Waals surface area contributed by atoms with Crippen LogP contribution in [0.1, 0.15) is 35.1 Å². The van der Waals surface area contributed by atoms with Gasteiger partial charge in [-0.2, -0.15) is 0 Å². The molecular formula is C16H19N3O. The van der Waals surface area contributed by atoms with Gasteiger partial charge in [-0.05, 0) is 36.0 Å². The van der Waals surface area contributed by atoms with E-state index in [2.05, 4.69) is 34.7 Å². The van der Waals surface area contributed by atoms with E-state index in [1.807, 2.05) is 6.07 Å². The van der Waals surface area contributed by atoms with Gasteiger partial charge in [0, 0.05) is 11.8 Å². The van der Waals surface area contributed by atoms with Gasteiger partial charge in [0.15, 0.2) is 0 Å². The lowest BCUT2D eigenvalue weighted by atomic mass is 9.74. The Hall–Kier alpha value is -1.91. The van der Waals surface area contributed by atoms with Crippen LogP contribution in [0, 0.1) is 0 Å². The number of fused-ring (bicyclic) bond motifs is 1. The lowest BCUT2D eigenvalue weighted by Crippen LogP contribution is -2.32. The number of nitrogens with one attached hydrogen (secondary N) is 1. The minimum atomic E-state index is 0.0753. The minimum absolute atomic E-state index is 0.0753. The number of rotatable bonds is 5. The maximum absolute atomic E-state index is 5.75. The van der Waals surface area contributed by atoms with Crippen LogP contribution in [0.5, 0.6) is 5.75 Å². The Balaban J connectivity index is 1.79. The number of hydrogen-bond donors (Lipinski definition) is 2. The number of pyridine rings is 1. The number of nitrogens with zero attached hydrogens (tertiary/aromatic N) is 1. The molecule has 104 valence electrons. The minimum Gasteiger partial charge on any atom is -0.495 e. The Morgan fingerprint density at radius 3 is 3.00 bits per heavy atom. The smallest absolute Gasteiger partial charge is 0.141 e. The van der Waals surface area contributed by atoms with Crippen molar-refractivity contribution in [3.8, 4) is 5.75 Å². The summed E-state index contributed by atoms with van der Waals surface area (Å²) in [4.78, 5) is 4.09. The fraction of sp³-hybridized carbons (Fsp3) is 0.312. The molecule has 1 aromatic heterocycles. The quantitative estimate of drug-likeness (QED) is 0.646. The number of nitrogens with two attached hydrogens (primary N) is 1. The van der Waals surface area contributed by atoms with Crippen molar-refractivity contribution in [1.82, 2.24) is 10.4 Å². The number of methoxy groups -OCH3 is 1. The molecule has 0 saturated heterocycles. The Bertz CT molecular complexity index is 600. The third-order valence-corrected chi connectivity index (χ3v) is 4.09. The zero-order chi connectivity index (χ0) is 13.9. The van der Waals surface area contributed by atoms with Gasteiger partial charge in [0.2, 0.25) is 0 Å². The van der Waals surface area contributed by atoms with Crippen molar-refractivity contribution < 1.29 is 4.74 Å². The van der Waals surface area contributed by atoms with Gasteiger partial charge in [0.05, 0.1) is 19.3 Å². The molecule has 0 bridgehead atoms. The van der Waals surface area contributed by atoms with Crippen molar-refractivity contribution in [2.45, 2.75) is 24.8 Å². The second-order valence-electron chi connectivity index (χ2n) is 5.17. The van der Waals surface area contributed by atoms with Crippen LogP contribution in [0.15, 0.2) is 42.7 Å². The van der Waals surface area contributed by atoms with Gasteiger partial charge >= 0.3 is 0 Å². The SMILES string of the molecule is COc1cnccc1C(CC1Cc2ccccc21)NN. The van der Waals surface area contributed by atoms with Gasteiger partial charge in [-0.15, -0.1) is 0 Å². The van der Waals surface area contributed by atoms with E-state index < -0.39 is 0 Å². The summed E-state index contributed by atoms with van der Waals surface area (Å²) in [5.41, 5.74) is 6.88. The van der Waals surface area contributed by atoms with Crippen molar-refractivity contribution in [3.63, 3.8) is 0 Å². The molecule has 0 fully saturated rings. The van der Waals surface area contributed by atoms with Gasteiger partial charge in [-0.25, -0.2) is 0 Å². The Kier molecular flexibility index (Phi) is 3.67. The molecule has 2 atom stereocenters. The van der Waals surface area contributed by atoms with Crippen molar-refractivity contribution in [3.05, 3.63) is 59.4 Å². The maximum atomic E-state index is 5.75. The molecule has 0 saturated carbocycles. The largest absolute Gasteiger partial charge is 0.495 e.